The van der Waals surface area contributed by atoms with Gasteiger partial charge in [0, 0.05) is 6.54 Å². The van der Waals surface area contributed by atoms with E-state index < -0.39 is 11.9 Å². The van der Waals surface area contributed by atoms with Crippen LogP contribution in [0.25, 0.3) is 0 Å². The van der Waals surface area contributed by atoms with Gasteiger partial charge in [0.05, 0.1) is 0 Å². The van der Waals surface area contributed by atoms with Crippen molar-refractivity contribution in [1.82, 2.24) is 4.98 Å². The van der Waals surface area contributed by atoms with Gasteiger partial charge in [-0.15, -0.1) is 0 Å². The Morgan fingerprint density at radius 3 is 2.32 bits per heavy atom. The highest BCUT2D eigenvalue weighted by molar-refractivity contribution is 5.36. The molecule has 0 atom stereocenters. The van der Waals surface area contributed by atoms with Crippen molar-refractivity contribution in [1.29, 1.82) is 0 Å². The number of alkyl halides is 3. The molecule has 0 unspecified atom stereocenters. The van der Waals surface area contributed by atoms with Crippen molar-refractivity contribution >= 4 is 5.82 Å². The van der Waals surface area contributed by atoms with Crippen molar-refractivity contribution in [3.63, 3.8) is 0 Å². The van der Waals surface area contributed by atoms with Crippen molar-refractivity contribution in [2.45, 2.75) is 31.9 Å². The molecule has 2 fully saturated rings. The lowest BCUT2D eigenvalue weighted by molar-refractivity contribution is -0.141. The Balaban J connectivity index is 1.62. The molecule has 3 rings (SSSR count). The third-order valence-corrected chi connectivity index (χ3v) is 4.01. The Kier molecular flexibility index (Phi) is 3.15. The zero-order chi connectivity index (χ0) is 13.5. The summed E-state index contributed by atoms with van der Waals surface area (Å²) in [5.41, 5.74) is -0.827. The number of aromatic nitrogens is 1. The molecule has 0 saturated heterocycles. The number of pyridine rings is 1. The van der Waals surface area contributed by atoms with Crippen LogP contribution in [0.15, 0.2) is 18.2 Å². The number of nitrogens with one attached hydrogen (secondary N) is 1. The SMILES string of the molecule is FC(F)(F)c1cccc(NCC(C2CC2)C2CC2)n1. The Morgan fingerprint density at radius 1 is 1.16 bits per heavy atom. The van der Waals surface area contributed by atoms with E-state index in [2.05, 4.69) is 10.3 Å². The molecule has 1 aromatic heterocycles. The molecule has 2 saturated carbocycles. The van der Waals surface area contributed by atoms with Crippen molar-refractivity contribution in [3.05, 3.63) is 23.9 Å². The van der Waals surface area contributed by atoms with Crippen LogP contribution in [0.5, 0.6) is 0 Å². The first-order valence-electron chi connectivity index (χ1n) is 6.82. The van der Waals surface area contributed by atoms with Crippen LogP contribution < -0.4 is 5.32 Å². The quantitative estimate of drug-likeness (QED) is 0.876. The largest absolute Gasteiger partial charge is 0.433 e. The third kappa shape index (κ3) is 3.19. The van der Waals surface area contributed by atoms with Crippen molar-refractivity contribution < 1.29 is 13.2 Å². The number of rotatable bonds is 5. The topological polar surface area (TPSA) is 24.9 Å². The highest BCUT2D eigenvalue weighted by atomic mass is 19.4. The van der Waals surface area contributed by atoms with E-state index in [-0.39, 0.29) is 0 Å². The van der Waals surface area contributed by atoms with E-state index in [1.165, 1.54) is 31.7 Å². The first-order chi connectivity index (χ1) is 9.04. The van der Waals surface area contributed by atoms with Crippen LogP contribution in [0.3, 0.4) is 0 Å². The smallest absolute Gasteiger partial charge is 0.370 e. The minimum Gasteiger partial charge on any atom is -0.370 e. The molecule has 0 spiro atoms. The predicted octanol–water partition coefficient (Wildman–Crippen LogP) is 3.95. The molecule has 0 bridgehead atoms. The number of hydrogen-bond acceptors (Lipinski definition) is 2. The zero-order valence-electron chi connectivity index (χ0n) is 10.6. The fourth-order valence-electron chi connectivity index (χ4n) is 2.68. The van der Waals surface area contributed by atoms with Gasteiger partial charge in [-0.1, -0.05) is 6.07 Å². The first kappa shape index (κ1) is 12.8. The van der Waals surface area contributed by atoms with Crippen molar-refractivity contribution in [2.24, 2.45) is 17.8 Å². The van der Waals surface area contributed by atoms with Gasteiger partial charge in [0.2, 0.25) is 0 Å². The normalized spacial score (nSPS) is 19.8. The van der Waals surface area contributed by atoms with E-state index in [1.54, 1.807) is 6.07 Å². The molecular formula is C14H17F3N2. The Morgan fingerprint density at radius 2 is 1.79 bits per heavy atom. The Labute approximate surface area is 110 Å². The van der Waals surface area contributed by atoms with E-state index in [0.29, 0.717) is 11.7 Å². The van der Waals surface area contributed by atoms with Gasteiger partial charge >= 0.3 is 6.18 Å². The van der Waals surface area contributed by atoms with E-state index in [4.69, 9.17) is 0 Å². The summed E-state index contributed by atoms with van der Waals surface area (Å²) in [4.78, 5) is 3.64. The molecule has 0 aliphatic heterocycles. The van der Waals surface area contributed by atoms with Gasteiger partial charge < -0.3 is 5.32 Å². The number of halogens is 3. The van der Waals surface area contributed by atoms with Gasteiger partial charge in [-0.2, -0.15) is 13.2 Å². The minimum atomic E-state index is -4.37. The highest BCUT2D eigenvalue weighted by Crippen LogP contribution is 2.49. The van der Waals surface area contributed by atoms with E-state index >= 15 is 0 Å². The maximum absolute atomic E-state index is 12.6. The van der Waals surface area contributed by atoms with Crippen LogP contribution in [-0.4, -0.2) is 11.5 Å². The molecule has 0 aromatic carbocycles. The molecule has 19 heavy (non-hydrogen) atoms. The molecule has 0 amide bonds. The van der Waals surface area contributed by atoms with Crippen molar-refractivity contribution in [2.75, 3.05) is 11.9 Å². The van der Waals surface area contributed by atoms with Crippen LogP contribution in [0.1, 0.15) is 31.4 Å². The van der Waals surface area contributed by atoms with E-state index in [9.17, 15) is 13.2 Å². The molecule has 104 valence electrons. The second-order valence-electron chi connectivity index (χ2n) is 5.63. The average molecular weight is 270 g/mol. The molecule has 1 N–H and O–H groups in total. The fraction of sp³-hybridized carbons (Fsp3) is 0.643. The number of anilines is 1. The van der Waals surface area contributed by atoms with Crippen LogP contribution in [0.2, 0.25) is 0 Å². The lowest BCUT2D eigenvalue weighted by Gasteiger charge is -2.17. The Hall–Kier alpha value is -1.26. The van der Waals surface area contributed by atoms with Gasteiger partial charge in [0.25, 0.3) is 0 Å². The molecular weight excluding hydrogens is 253 g/mol. The van der Waals surface area contributed by atoms with Gasteiger partial charge in [-0.25, -0.2) is 4.98 Å². The summed E-state index contributed by atoms with van der Waals surface area (Å²) < 4.78 is 37.7. The van der Waals surface area contributed by atoms with Gasteiger partial charge in [-0.3, -0.25) is 0 Å². The van der Waals surface area contributed by atoms with Crippen LogP contribution in [0.4, 0.5) is 19.0 Å². The maximum atomic E-state index is 12.6. The zero-order valence-corrected chi connectivity index (χ0v) is 10.6. The summed E-state index contributed by atoms with van der Waals surface area (Å²) in [5, 5.41) is 3.09. The summed E-state index contributed by atoms with van der Waals surface area (Å²) in [6.45, 7) is 0.754. The summed E-state index contributed by atoms with van der Waals surface area (Å²) in [5.74, 6) is 2.52. The molecule has 5 heteroatoms. The molecule has 2 nitrogen and oxygen atoms in total. The predicted molar refractivity (Wildman–Crippen MR) is 66.7 cm³/mol. The van der Waals surface area contributed by atoms with Gasteiger partial charge in [0.15, 0.2) is 0 Å². The standard InChI is InChI=1S/C14H17F3N2/c15-14(16,17)12-2-1-3-13(19-12)18-8-11(9-4-5-9)10-6-7-10/h1-3,9-11H,4-8H2,(H,18,19). The summed E-state index contributed by atoms with van der Waals surface area (Å²) in [6, 6.07) is 4.01. The summed E-state index contributed by atoms with van der Waals surface area (Å²) in [7, 11) is 0. The van der Waals surface area contributed by atoms with E-state index in [1.807, 2.05) is 0 Å². The van der Waals surface area contributed by atoms with Crippen LogP contribution >= 0.6 is 0 Å². The number of hydrogen-bond donors (Lipinski definition) is 1. The third-order valence-electron chi connectivity index (χ3n) is 4.01. The lowest BCUT2D eigenvalue weighted by atomic mass is 9.98. The molecule has 1 aromatic rings. The monoisotopic (exact) mass is 270 g/mol. The fourth-order valence-corrected chi connectivity index (χ4v) is 2.68. The number of nitrogens with zero attached hydrogens (tertiary/aromatic N) is 1. The van der Waals surface area contributed by atoms with Gasteiger partial charge in [0.1, 0.15) is 11.5 Å². The van der Waals surface area contributed by atoms with Crippen LogP contribution in [0, 0.1) is 17.8 Å². The van der Waals surface area contributed by atoms with Crippen molar-refractivity contribution in [3.8, 4) is 0 Å². The highest BCUT2D eigenvalue weighted by Gasteiger charge is 2.41. The maximum Gasteiger partial charge on any atom is 0.433 e. The van der Waals surface area contributed by atoms with E-state index in [0.717, 1.165) is 24.4 Å². The lowest BCUT2D eigenvalue weighted by Crippen LogP contribution is -2.19. The molecule has 2 aliphatic carbocycles. The summed E-state index contributed by atoms with van der Waals surface area (Å²) >= 11 is 0. The summed E-state index contributed by atoms with van der Waals surface area (Å²) in [6.07, 6.45) is 0.736. The van der Waals surface area contributed by atoms with Gasteiger partial charge in [-0.05, 0) is 55.6 Å². The molecule has 2 aliphatic rings. The Bertz CT molecular complexity index is 438. The molecule has 1 heterocycles. The molecule has 0 radical (unpaired) electrons. The average Bonchev–Trinajstić information content (AvgIpc) is 3.23. The van der Waals surface area contributed by atoms with Crippen LogP contribution in [-0.2, 0) is 6.18 Å². The minimum absolute atomic E-state index is 0.334. The first-order valence-corrected chi connectivity index (χ1v) is 6.82. The second-order valence-corrected chi connectivity index (χ2v) is 5.63. The second kappa shape index (κ2) is 4.69.